The number of aromatic nitrogens is 1. The van der Waals surface area contributed by atoms with Gasteiger partial charge in [0.05, 0.1) is 17.6 Å². The molecule has 16 heavy (non-hydrogen) atoms. The molecular formula is C8H12N4O3S. The van der Waals surface area contributed by atoms with Gasteiger partial charge in [-0.05, 0) is 12.0 Å². The van der Waals surface area contributed by atoms with Crippen LogP contribution in [0.25, 0.3) is 10.4 Å². The summed E-state index contributed by atoms with van der Waals surface area (Å²) in [6.45, 7) is -0.0217. The van der Waals surface area contributed by atoms with E-state index in [-0.39, 0.29) is 19.6 Å². The molecule has 0 saturated carbocycles. The van der Waals surface area contributed by atoms with Gasteiger partial charge in [0.15, 0.2) is 0 Å². The van der Waals surface area contributed by atoms with E-state index in [1.807, 2.05) is 0 Å². The number of hydrogen-bond acceptors (Lipinski definition) is 6. The molecule has 1 aromatic rings. The van der Waals surface area contributed by atoms with Crippen LogP contribution in [-0.4, -0.2) is 33.0 Å². The fraction of sp³-hybridized carbons (Fsp3) is 0.625. The van der Waals surface area contributed by atoms with Gasteiger partial charge in [-0.15, -0.1) is 11.3 Å². The van der Waals surface area contributed by atoms with Gasteiger partial charge in [0, 0.05) is 17.7 Å². The second kappa shape index (κ2) is 6.41. The molecule has 1 heterocycles. The Bertz CT molecular complexity index is 377. The predicted octanol–water partition coefficient (Wildman–Crippen LogP) is 0.730. The zero-order valence-electron chi connectivity index (χ0n) is 8.39. The molecule has 88 valence electrons. The predicted molar refractivity (Wildman–Crippen MR) is 57.6 cm³/mol. The van der Waals surface area contributed by atoms with Crippen molar-refractivity contribution < 1.29 is 15.3 Å². The second-order valence-corrected chi connectivity index (χ2v) is 4.23. The third kappa shape index (κ3) is 3.44. The van der Waals surface area contributed by atoms with E-state index >= 15 is 0 Å². The minimum atomic E-state index is -1.11. The molecule has 0 spiro atoms. The van der Waals surface area contributed by atoms with Gasteiger partial charge < -0.3 is 15.3 Å². The molecule has 0 aliphatic rings. The first-order valence-electron chi connectivity index (χ1n) is 4.61. The molecule has 0 aromatic carbocycles. The van der Waals surface area contributed by atoms with Crippen LogP contribution < -0.4 is 0 Å². The van der Waals surface area contributed by atoms with Crippen molar-refractivity contribution in [1.82, 2.24) is 4.98 Å². The molecule has 0 aliphatic carbocycles. The van der Waals surface area contributed by atoms with Gasteiger partial charge in [0.1, 0.15) is 11.1 Å². The summed E-state index contributed by atoms with van der Waals surface area (Å²) in [5.74, 6) is 0. The first kappa shape index (κ1) is 12.9. The van der Waals surface area contributed by atoms with Crippen LogP contribution in [0.3, 0.4) is 0 Å². The third-order valence-corrected chi connectivity index (χ3v) is 2.99. The average molecular weight is 244 g/mol. The molecule has 0 saturated heterocycles. The van der Waals surface area contributed by atoms with Gasteiger partial charge in [0.25, 0.3) is 0 Å². The Morgan fingerprint density at radius 1 is 1.56 bits per heavy atom. The second-order valence-electron chi connectivity index (χ2n) is 3.08. The van der Waals surface area contributed by atoms with E-state index < -0.39 is 12.2 Å². The van der Waals surface area contributed by atoms with Gasteiger partial charge in [-0.3, -0.25) is 0 Å². The minimum absolute atomic E-state index is 0.118. The quantitative estimate of drug-likeness (QED) is 0.387. The van der Waals surface area contributed by atoms with Crippen molar-refractivity contribution in [2.75, 3.05) is 6.54 Å². The fourth-order valence-electron chi connectivity index (χ4n) is 1.09. The largest absolute Gasteiger partial charge is 0.391 e. The maximum atomic E-state index is 9.68. The summed E-state index contributed by atoms with van der Waals surface area (Å²) in [5, 5.41) is 31.7. The van der Waals surface area contributed by atoms with Crippen LogP contribution in [0.15, 0.2) is 11.3 Å². The van der Waals surface area contributed by atoms with Gasteiger partial charge in [-0.2, -0.15) is 0 Å². The van der Waals surface area contributed by atoms with Crippen molar-refractivity contribution in [1.29, 1.82) is 0 Å². The van der Waals surface area contributed by atoms with Crippen molar-refractivity contribution >= 4 is 11.3 Å². The maximum absolute atomic E-state index is 9.68. The lowest BCUT2D eigenvalue weighted by atomic mass is 10.1. The molecule has 7 nitrogen and oxygen atoms in total. The number of aliphatic hydroxyl groups excluding tert-OH is 3. The molecule has 2 unspecified atom stereocenters. The zero-order valence-corrected chi connectivity index (χ0v) is 9.21. The first-order valence-corrected chi connectivity index (χ1v) is 5.43. The number of thiazole rings is 1. The molecule has 0 fully saturated rings. The number of rotatable bonds is 6. The van der Waals surface area contributed by atoms with Crippen molar-refractivity contribution in [2.24, 2.45) is 5.11 Å². The van der Waals surface area contributed by atoms with Gasteiger partial charge in [-0.1, -0.05) is 5.11 Å². The van der Waals surface area contributed by atoms with E-state index in [1.165, 1.54) is 6.20 Å². The first-order chi connectivity index (χ1) is 7.69. The van der Waals surface area contributed by atoms with Gasteiger partial charge >= 0.3 is 0 Å². The monoisotopic (exact) mass is 244 g/mol. The average Bonchev–Trinajstić information content (AvgIpc) is 2.76. The Kier molecular flexibility index (Phi) is 5.17. The Morgan fingerprint density at radius 2 is 2.31 bits per heavy atom. The zero-order chi connectivity index (χ0) is 12.0. The van der Waals surface area contributed by atoms with E-state index in [2.05, 4.69) is 15.0 Å². The summed E-state index contributed by atoms with van der Waals surface area (Å²) in [7, 11) is 0. The molecule has 0 bridgehead atoms. The van der Waals surface area contributed by atoms with Crippen LogP contribution in [0.2, 0.25) is 0 Å². The highest BCUT2D eigenvalue weighted by atomic mass is 32.1. The molecule has 8 heteroatoms. The van der Waals surface area contributed by atoms with Crippen LogP contribution in [0, 0.1) is 0 Å². The Morgan fingerprint density at radius 3 is 2.88 bits per heavy atom. The van der Waals surface area contributed by atoms with Crippen molar-refractivity contribution in [3.05, 3.63) is 26.5 Å². The lowest BCUT2D eigenvalue weighted by molar-refractivity contribution is 0.0149. The minimum Gasteiger partial charge on any atom is -0.391 e. The Hall–Kier alpha value is -1.18. The van der Waals surface area contributed by atoms with Crippen molar-refractivity contribution in [2.45, 2.75) is 25.2 Å². The normalized spacial score (nSPS) is 14.2. The molecular weight excluding hydrogens is 232 g/mol. The highest BCUT2D eigenvalue weighted by molar-refractivity contribution is 7.11. The fourth-order valence-corrected chi connectivity index (χ4v) is 1.91. The smallest absolute Gasteiger partial charge is 0.131 e. The lowest BCUT2D eigenvalue weighted by Gasteiger charge is -2.14. The van der Waals surface area contributed by atoms with E-state index in [9.17, 15) is 10.2 Å². The maximum Gasteiger partial charge on any atom is 0.131 e. The van der Waals surface area contributed by atoms with Crippen LogP contribution in [0.5, 0.6) is 0 Å². The SMILES string of the molecule is [N-]=[N+]=NCCC(O)C(O)c1ncc(CO)s1. The molecule has 0 amide bonds. The number of hydrogen-bond donors (Lipinski definition) is 3. The topological polar surface area (TPSA) is 122 Å². The molecule has 2 atom stereocenters. The lowest BCUT2D eigenvalue weighted by Crippen LogP contribution is -2.18. The van der Waals surface area contributed by atoms with Crippen LogP contribution in [0.4, 0.5) is 0 Å². The van der Waals surface area contributed by atoms with Crippen LogP contribution in [-0.2, 0) is 6.61 Å². The van der Waals surface area contributed by atoms with Crippen LogP contribution in [0.1, 0.15) is 22.4 Å². The summed E-state index contributed by atoms with van der Waals surface area (Å²) >= 11 is 1.13. The molecule has 3 N–H and O–H groups in total. The van der Waals surface area contributed by atoms with E-state index in [1.54, 1.807) is 0 Å². The number of azide groups is 1. The van der Waals surface area contributed by atoms with Gasteiger partial charge in [-0.25, -0.2) is 4.98 Å². The molecule has 1 aromatic heterocycles. The Labute approximate surface area is 95.6 Å². The van der Waals surface area contributed by atoms with E-state index in [0.29, 0.717) is 9.88 Å². The number of aliphatic hydroxyl groups is 3. The van der Waals surface area contributed by atoms with Crippen LogP contribution >= 0.6 is 11.3 Å². The molecule has 0 radical (unpaired) electrons. The summed E-state index contributed by atoms with van der Waals surface area (Å²) < 4.78 is 0. The Balaban J connectivity index is 2.55. The summed E-state index contributed by atoms with van der Waals surface area (Å²) in [6, 6.07) is 0. The molecule has 1 rings (SSSR count). The van der Waals surface area contributed by atoms with E-state index in [4.69, 9.17) is 10.6 Å². The highest BCUT2D eigenvalue weighted by Crippen LogP contribution is 2.24. The van der Waals surface area contributed by atoms with Crippen molar-refractivity contribution in [3.8, 4) is 0 Å². The summed E-state index contributed by atoms with van der Waals surface area (Å²) in [4.78, 5) is 7.05. The summed E-state index contributed by atoms with van der Waals surface area (Å²) in [5.41, 5.74) is 8.05. The van der Waals surface area contributed by atoms with Gasteiger partial charge in [0.2, 0.25) is 0 Å². The molecule has 0 aliphatic heterocycles. The number of nitrogens with zero attached hydrogens (tertiary/aromatic N) is 4. The third-order valence-electron chi connectivity index (χ3n) is 1.93. The standard InChI is InChI=1S/C8H12N4O3S/c9-12-11-2-1-6(14)7(15)8-10-3-5(4-13)16-8/h3,6-7,13-15H,1-2,4H2. The summed E-state index contributed by atoms with van der Waals surface area (Å²) in [6.07, 6.45) is -0.523. The van der Waals surface area contributed by atoms with E-state index in [0.717, 1.165) is 11.3 Å². The van der Waals surface area contributed by atoms with Crippen molar-refractivity contribution in [3.63, 3.8) is 0 Å². The highest BCUT2D eigenvalue weighted by Gasteiger charge is 2.20.